The van der Waals surface area contributed by atoms with Gasteiger partial charge in [-0.2, -0.15) is 5.10 Å². The molecule has 0 spiro atoms. The van der Waals surface area contributed by atoms with E-state index in [0.717, 1.165) is 15.6 Å². The van der Waals surface area contributed by atoms with Crippen LogP contribution in [-0.4, -0.2) is 34.7 Å². The normalized spacial score (nSPS) is 11.6. The van der Waals surface area contributed by atoms with Crippen LogP contribution in [-0.2, 0) is 17.8 Å². The third kappa shape index (κ3) is 6.22. The predicted molar refractivity (Wildman–Crippen MR) is 136 cm³/mol. The standard InChI is InChI=1S/C27H24BrFN4O2/c1-30-26(34)24(14-19-9-5-11-21(28)13-19)31-27(35)25-16-23(20-10-6-12-22(29)15-20)32-33(25)17-18-7-3-2-4-8-18/h2-13,15-16,24H,14,17H2,1H3,(H,30,34)(H,31,35). The van der Waals surface area contributed by atoms with Crippen LogP contribution in [0, 0.1) is 5.82 Å². The molecule has 3 aromatic carbocycles. The number of carbonyl (C=O) groups is 2. The fraction of sp³-hybridized carbons (Fsp3) is 0.148. The van der Waals surface area contributed by atoms with Gasteiger partial charge in [0.1, 0.15) is 17.6 Å². The van der Waals surface area contributed by atoms with Gasteiger partial charge in [-0.05, 0) is 41.5 Å². The van der Waals surface area contributed by atoms with Crippen molar-refractivity contribution in [3.63, 3.8) is 0 Å². The van der Waals surface area contributed by atoms with Crippen LogP contribution in [0.5, 0.6) is 0 Å². The molecule has 8 heteroatoms. The molecule has 35 heavy (non-hydrogen) atoms. The molecule has 0 fully saturated rings. The molecule has 0 radical (unpaired) electrons. The van der Waals surface area contributed by atoms with Crippen LogP contribution in [0.1, 0.15) is 21.6 Å². The van der Waals surface area contributed by atoms with Gasteiger partial charge in [-0.15, -0.1) is 0 Å². The van der Waals surface area contributed by atoms with Crippen molar-refractivity contribution in [3.8, 4) is 11.3 Å². The molecule has 0 aliphatic rings. The van der Waals surface area contributed by atoms with Crippen LogP contribution in [0.3, 0.4) is 0 Å². The van der Waals surface area contributed by atoms with E-state index in [1.54, 1.807) is 22.9 Å². The summed E-state index contributed by atoms with van der Waals surface area (Å²) in [5.41, 5.74) is 3.15. The van der Waals surface area contributed by atoms with Crippen molar-refractivity contribution in [2.75, 3.05) is 7.05 Å². The Bertz CT molecular complexity index is 1340. The molecule has 0 aliphatic carbocycles. The first-order valence-corrected chi connectivity index (χ1v) is 11.9. The predicted octanol–water partition coefficient (Wildman–Crippen LogP) is 4.59. The Morgan fingerprint density at radius 3 is 2.43 bits per heavy atom. The first kappa shape index (κ1) is 24.3. The van der Waals surface area contributed by atoms with Gasteiger partial charge in [0.15, 0.2) is 0 Å². The molecule has 1 unspecified atom stereocenters. The summed E-state index contributed by atoms with van der Waals surface area (Å²) in [7, 11) is 1.53. The summed E-state index contributed by atoms with van der Waals surface area (Å²) in [5.74, 6) is -1.14. The fourth-order valence-corrected chi connectivity index (χ4v) is 4.23. The lowest BCUT2D eigenvalue weighted by molar-refractivity contribution is -0.122. The second-order valence-corrected chi connectivity index (χ2v) is 8.96. The Morgan fingerprint density at radius 2 is 1.71 bits per heavy atom. The lowest BCUT2D eigenvalue weighted by Gasteiger charge is -2.18. The lowest BCUT2D eigenvalue weighted by Crippen LogP contribution is -2.47. The molecule has 4 aromatic rings. The van der Waals surface area contributed by atoms with Gasteiger partial charge in [0.05, 0.1) is 12.2 Å². The van der Waals surface area contributed by atoms with Crippen molar-refractivity contribution in [2.45, 2.75) is 19.0 Å². The van der Waals surface area contributed by atoms with Gasteiger partial charge in [-0.3, -0.25) is 14.3 Å². The quantitative estimate of drug-likeness (QED) is 0.347. The van der Waals surface area contributed by atoms with E-state index >= 15 is 0 Å². The second kappa shape index (κ2) is 11.1. The minimum Gasteiger partial charge on any atom is -0.357 e. The molecular formula is C27H24BrFN4O2. The summed E-state index contributed by atoms with van der Waals surface area (Å²) in [4.78, 5) is 26.0. The Kier molecular flexibility index (Phi) is 7.72. The minimum absolute atomic E-state index is 0.274. The summed E-state index contributed by atoms with van der Waals surface area (Å²) >= 11 is 3.44. The zero-order valence-corrected chi connectivity index (χ0v) is 20.6. The van der Waals surface area contributed by atoms with Crippen LogP contribution >= 0.6 is 15.9 Å². The van der Waals surface area contributed by atoms with Gasteiger partial charge >= 0.3 is 0 Å². The van der Waals surface area contributed by atoms with Gasteiger partial charge in [0.25, 0.3) is 5.91 Å². The molecule has 2 amide bonds. The van der Waals surface area contributed by atoms with E-state index in [1.807, 2.05) is 54.6 Å². The molecule has 4 rings (SSSR count). The number of aromatic nitrogens is 2. The molecule has 1 atom stereocenters. The average molecular weight is 535 g/mol. The van der Waals surface area contributed by atoms with E-state index < -0.39 is 11.9 Å². The number of amides is 2. The van der Waals surface area contributed by atoms with Crippen molar-refractivity contribution in [1.29, 1.82) is 0 Å². The van der Waals surface area contributed by atoms with E-state index in [9.17, 15) is 14.0 Å². The third-order valence-corrected chi connectivity index (χ3v) is 6.00. The number of benzene rings is 3. The molecule has 0 bridgehead atoms. The monoisotopic (exact) mass is 534 g/mol. The van der Waals surface area contributed by atoms with Crippen LogP contribution in [0.25, 0.3) is 11.3 Å². The van der Waals surface area contributed by atoms with Crippen LogP contribution in [0.2, 0.25) is 0 Å². The first-order chi connectivity index (χ1) is 16.9. The molecule has 2 N–H and O–H groups in total. The van der Waals surface area contributed by atoms with Gasteiger partial charge in [0, 0.05) is 23.5 Å². The molecule has 6 nitrogen and oxygen atoms in total. The largest absolute Gasteiger partial charge is 0.357 e. The Hall–Kier alpha value is -3.78. The Morgan fingerprint density at radius 1 is 0.971 bits per heavy atom. The highest BCUT2D eigenvalue weighted by Crippen LogP contribution is 2.21. The van der Waals surface area contributed by atoms with E-state index in [-0.39, 0.29) is 17.4 Å². The smallest absolute Gasteiger partial charge is 0.270 e. The lowest BCUT2D eigenvalue weighted by atomic mass is 10.0. The van der Waals surface area contributed by atoms with E-state index in [1.165, 1.54) is 19.2 Å². The number of carbonyl (C=O) groups excluding carboxylic acids is 2. The van der Waals surface area contributed by atoms with Crippen LogP contribution in [0.4, 0.5) is 4.39 Å². The summed E-state index contributed by atoms with van der Waals surface area (Å²) in [6, 6.07) is 24.1. The van der Waals surface area contributed by atoms with Crippen LogP contribution in [0.15, 0.2) is 89.4 Å². The SMILES string of the molecule is CNC(=O)C(Cc1cccc(Br)c1)NC(=O)c1cc(-c2cccc(F)c2)nn1Cc1ccccc1. The maximum absolute atomic E-state index is 13.8. The van der Waals surface area contributed by atoms with E-state index in [4.69, 9.17) is 0 Å². The molecule has 0 saturated carbocycles. The highest BCUT2D eigenvalue weighted by atomic mass is 79.9. The van der Waals surface area contributed by atoms with Gasteiger partial charge in [-0.25, -0.2) is 4.39 Å². The first-order valence-electron chi connectivity index (χ1n) is 11.1. The maximum Gasteiger partial charge on any atom is 0.270 e. The van der Waals surface area contributed by atoms with E-state index in [2.05, 4.69) is 31.7 Å². The third-order valence-electron chi connectivity index (χ3n) is 5.51. The number of rotatable bonds is 8. The minimum atomic E-state index is -0.792. The number of hydrogen-bond donors (Lipinski definition) is 2. The average Bonchev–Trinajstić information content (AvgIpc) is 3.27. The number of likely N-dealkylation sites (N-methyl/N-ethyl adjacent to an activating group) is 1. The number of nitrogens with one attached hydrogen (secondary N) is 2. The number of hydrogen-bond acceptors (Lipinski definition) is 3. The number of halogens is 2. The second-order valence-electron chi connectivity index (χ2n) is 8.04. The molecule has 178 valence electrons. The summed E-state index contributed by atoms with van der Waals surface area (Å²) < 4.78 is 16.3. The molecule has 0 saturated heterocycles. The molecule has 0 aliphatic heterocycles. The highest BCUT2D eigenvalue weighted by Gasteiger charge is 2.24. The van der Waals surface area contributed by atoms with Crippen molar-refractivity contribution in [3.05, 3.63) is 112 Å². The van der Waals surface area contributed by atoms with Crippen molar-refractivity contribution in [1.82, 2.24) is 20.4 Å². The maximum atomic E-state index is 13.8. The van der Waals surface area contributed by atoms with Crippen molar-refractivity contribution >= 4 is 27.7 Å². The Labute approximate surface area is 211 Å². The topological polar surface area (TPSA) is 76.0 Å². The molecular weight excluding hydrogens is 511 g/mol. The number of nitrogens with zero attached hydrogens (tertiary/aromatic N) is 2. The van der Waals surface area contributed by atoms with E-state index in [0.29, 0.717) is 24.2 Å². The van der Waals surface area contributed by atoms with Gasteiger partial charge < -0.3 is 10.6 Å². The summed E-state index contributed by atoms with van der Waals surface area (Å²) in [6.45, 7) is 0.342. The highest BCUT2D eigenvalue weighted by molar-refractivity contribution is 9.10. The van der Waals surface area contributed by atoms with Crippen molar-refractivity contribution < 1.29 is 14.0 Å². The zero-order chi connectivity index (χ0) is 24.8. The summed E-state index contributed by atoms with van der Waals surface area (Å²) in [6.07, 6.45) is 0.314. The fourth-order valence-electron chi connectivity index (χ4n) is 3.78. The molecule has 1 heterocycles. The zero-order valence-electron chi connectivity index (χ0n) is 19.0. The van der Waals surface area contributed by atoms with Crippen molar-refractivity contribution in [2.24, 2.45) is 0 Å². The van der Waals surface area contributed by atoms with Crippen LogP contribution < -0.4 is 10.6 Å². The molecule has 1 aromatic heterocycles. The van der Waals surface area contributed by atoms with Gasteiger partial charge in [0.2, 0.25) is 5.91 Å². The Balaban J connectivity index is 1.66. The van der Waals surface area contributed by atoms with Gasteiger partial charge in [-0.1, -0.05) is 70.5 Å². The summed E-state index contributed by atoms with van der Waals surface area (Å²) in [5, 5.41) is 10.1.